The Morgan fingerprint density at radius 1 is 1.64 bits per heavy atom. The van der Waals surface area contributed by atoms with E-state index in [1.54, 1.807) is 0 Å². The second-order valence-electron chi connectivity index (χ2n) is 4.02. The van der Waals surface area contributed by atoms with Crippen molar-refractivity contribution in [3.63, 3.8) is 0 Å². The van der Waals surface area contributed by atoms with Gasteiger partial charge in [-0.25, -0.2) is 0 Å². The molecule has 1 aliphatic rings. The summed E-state index contributed by atoms with van der Waals surface area (Å²) >= 11 is 3.39. The Kier molecular flexibility index (Phi) is 2.14. The summed E-state index contributed by atoms with van der Waals surface area (Å²) in [6.07, 6.45) is 0.749. The van der Waals surface area contributed by atoms with E-state index in [4.69, 9.17) is 5.11 Å². The summed E-state index contributed by atoms with van der Waals surface area (Å²) in [4.78, 5) is 10.8. The Morgan fingerprint density at radius 2 is 2.36 bits per heavy atom. The number of halogens is 1. The lowest BCUT2D eigenvalue weighted by Crippen LogP contribution is -2.10. The highest BCUT2D eigenvalue weighted by Gasteiger charge is 2.55. The van der Waals surface area contributed by atoms with Gasteiger partial charge in [-0.05, 0) is 24.1 Å². The van der Waals surface area contributed by atoms with Crippen LogP contribution in [0, 0.1) is 5.92 Å². The van der Waals surface area contributed by atoms with Crippen LogP contribution in [0.15, 0.2) is 28.7 Å². The highest BCUT2D eigenvalue weighted by molar-refractivity contribution is 9.10. The van der Waals surface area contributed by atoms with E-state index >= 15 is 0 Å². The molecular weight excluding hydrogens is 244 g/mol. The van der Waals surface area contributed by atoms with Crippen LogP contribution in [0.4, 0.5) is 0 Å². The molecule has 1 fully saturated rings. The van der Waals surface area contributed by atoms with Gasteiger partial charge in [-0.2, -0.15) is 0 Å². The zero-order valence-corrected chi connectivity index (χ0v) is 9.41. The van der Waals surface area contributed by atoms with Crippen molar-refractivity contribution in [1.82, 2.24) is 0 Å². The summed E-state index contributed by atoms with van der Waals surface area (Å²) in [7, 11) is 0. The van der Waals surface area contributed by atoms with Gasteiger partial charge in [-0.3, -0.25) is 4.79 Å². The van der Waals surface area contributed by atoms with Gasteiger partial charge in [0.25, 0.3) is 0 Å². The van der Waals surface area contributed by atoms with Crippen molar-refractivity contribution < 1.29 is 9.90 Å². The maximum absolute atomic E-state index is 10.8. The Morgan fingerprint density at radius 3 is 2.86 bits per heavy atom. The zero-order chi connectivity index (χ0) is 10.3. The Hall–Kier alpha value is -0.830. The molecule has 1 N–H and O–H groups in total. The first-order valence-electron chi connectivity index (χ1n) is 4.53. The molecule has 1 aromatic carbocycles. The summed E-state index contributed by atoms with van der Waals surface area (Å²) in [6.45, 7) is 2.01. The van der Waals surface area contributed by atoms with Crippen LogP contribution in [-0.2, 0) is 10.2 Å². The molecule has 0 radical (unpaired) electrons. The normalized spacial score (nSPS) is 30.0. The highest BCUT2D eigenvalue weighted by atomic mass is 79.9. The van der Waals surface area contributed by atoms with Crippen LogP contribution in [0.1, 0.15) is 18.9 Å². The van der Waals surface area contributed by atoms with Crippen molar-refractivity contribution >= 4 is 21.9 Å². The number of carboxylic acid groups (broad SMARTS) is 1. The van der Waals surface area contributed by atoms with Crippen LogP contribution < -0.4 is 0 Å². The van der Waals surface area contributed by atoms with E-state index < -0.39 is 5.97 Å². The van der Waals surface area contributed by atoms with Crippen molar-refractivity contribution in [3.05, 3.63) is 34.3 Å². The molecule has 0 aromatic heterocycles. The van der Waals surface area contributed by atoms with Gasteiger partial charge < -0.3 is 5.11 Å². The largest absolute Gasteiger partial charge is 0.481 e. The van der Waals surface area contributed by atoms with Crippen LogP contribution in [0.2, 0.25) is 0 Å². The Labute approximate surface area is 91.1 Å². The van der Waals surface area contributed by atoms with Crippen molar-refractivity contribution in [3.8, 4) is 0 Å². The Bertz CT molecular complexity index is 389. The molecule has 74 valence electrons. The maximum atomic E-state index is 10.8. The van der Waals surface area contributed by atoms with E-state index in [0.29, 0.717) is 0 Å². The zero-order valence-electron chi connectivity index (χ0n) is 7.83. The van der Waals surface area contributed by atoms with Gasteiger partial charge in [0.15, 0.2) is 0 Å². The molecular formula is C11H11BrO2. The molecule has 0 heterocycles. The number of benzene rings is 1. The number of carboxylic acids is 1. The molecule has 0 aliphatic heterocycles. The fourth-order valence-electron chi connectivity index (χ4n) is 1.89. The topological polar surface area (TPSA) is 37.3 Å². The molecule has 3 heteroatoms. The molecule has 0 amide bonds. The smallest absolute Gasteiger partial charge is 0.307 e. The van der Waals surface area contributed by atoms with Crippen LogP contribution in [-0.4, -0.2) is 11.1 Å². The average Bonchev–Trinajstić information content (AvgIpc) is 2.80. The van der Waals surface area contributed by atoms with Gasteiger partial charge in [0, 0.05) is 9.89 Å². The van der Waals surface area contributed by atoms with Gasteiger partial charge in [0.2, 0.25) is 0 Å². The minimum absolute atomic E-state index is 0.157. The van der Waals surface area contributed by atoms with E-state index in [0.717, 1.165) is 16.5 Å². The lowest BCUT2D eigenvalue weighted by Gasteiger charge is -2.10. The summed E-state index contributed by atoms with van der Waals surface area (Å²) in [5.41, 5.74) is 0.953. The van der Waals surface area contributed by atoms with Crippen LogP contribution in [0.3, 0.4) is 0 Å². The predicted octanol–water partition coefficient (Wildman–Crippen LogP) is 2.81. The molecule has 2 atom stereocenters. The molecule has 1 saturated carbocycles. The van der Waals surface area contributed by atoms with Crippen molar-refractivity contribution in [2.24, 2.45) is 5.92 Å². The molecule has 1 aliphatic carbocycles. The summed E-state index contributed by atoms with van der Waals surface area (Å²) in [6, 6.07) is 7.89. The van der Waals surface area contributed by atoms with E-state index in [2.05, 4.69) is 15.9 Å². The minimum Gasteiger partial charge on any atom is -0.481 e. The number of rotatable bonds is 2. The summed E-state index contributed by atoms with van der Waals surface area (Å²) in [5, 5.41) is 8.91. The monoisotopic (exact) mass is 254 g/mol. The lowest BCUT2D eigenvalue weighted by atomic mass is 9.96. The van der Waals surface area contributed by atoms with E-state index in [1.165, 1.54) is 0 Å². The van der Waals surface area contributed by atoms with Crippen molar-refractivity contribution in [2.75, 3.05) is 0 Å². The van der Waals surface area contributed by atoms with Gasteiger partial charge in [-0.1, -0.05) is 35.0 Å². The molecule has 14 heavy (non-hydrogen) atoms. The minimum atomic E-state index is -0.688. The Balaban J connectivity index is 2.30. The second-order valence-corrected chi connectivity index (χ2v) is 4.94. The van der Waals surface area contributed by atoms with Gasteiger partial charge in [0.05, 0.1) is 5.92 Å². The first-order valence-corrected chi connectivity index (χ1v) is 5.32. The average molecular weight is 255 g/mol. The predicted molar refractivity (Wildman–Crippen MR) is 57.2 cm³/mol. The van der Waals surface area contributed by atoms with E-state index in [-0.39, 0.29) is 11.3 Å². The van der Waals surface area contributed by atoms with Crippen molar-refractivity contribution in [2.45, 2.75) is 18.8 Å². The van der Waals surface area contributed by atoms with Crippen LogP contribution in [0.25, 0.3) is 0 Å². The third-order valence-electron chi connectivity index (χ3n) is 3.02. The fraction of sp³-hybridized carbons (Fsp3) is 0.364. The molecule has 1 aromatic rings. The number of aliphatic carboxylic acids is 1. The lowest BCUT2D eigenvalue weighted by molar-refractivity contribution is -0.138. The van der Waals surface area contributed by atoms with E-state index in [1.807, 2.05) is 31.2 Å². The molecule has 0 spiro atoms. The van der Waals surface area contributed by atoms with Gasteiger partial charge in [-0.15, -0.1) is 0 Å². The third-order valence-corrected chi connectivity index (χ3v) is 3.51. The number of carbonyl (C=O) groups is 1. The number of hydrogen-bond donors (Lipinski definition) is 1. The molecule has 2 rings (SSSR count). The molecule has 0 saturated heterocycles. The van der Waals surface area contributed by atoms with Crippen molar-refractivity contribution in [1.29, 1.82) is 0 Å². The molecule has 0 unspecified atom stereocenters. The summed E-state index contributed by atoms with van der Waals surface area (Å²) < 4.78 is 1.01. The number of hydrogen-bond acceptors (Lipinski definition) is 1. The second kappa shape index (κ2) is 3.09. The maximum Gasteiger partial charge on any atom is 0.307 e. The molecule has 2 nitrogen and oxygen atoms in total. The molecule has 0 bridgehead atoms. The highest BCUT2D eigenvalue weighted by Crippen LogP contribution is 2.54. The first-order chi connectivity index (χ1) is 6.54. The summed E-state index contributed by atoms with van der Waals surface area (Å²) in [5.74, 6) is -0.899. The SMILES string of the molecule is C[C@]1(c2cccc(Br)c2)C[C@@H]1C(=O)O. The van der Waals surface area contributed by atoms with Gasteiger partial charge >= 0.3 is 5.97 Å². The van der Waals surface area contributed by atoms with Crippen LogP contribution >= 0.6 is 15.9 Å². The van der Waals surface area contributed by atoms with Crippen LogP contribution in [0.5, 0.6) is 0 Å². The fourth-order valence-corrected chi connectivity index (χ4v) is 2.29. The quantitative estimate of drug-likeness (QED) is 0.882. The third kappa shape index (κ3) is 1.46. The van der Waals surface area contributed by atoms with Gasteiger partial charge in [0.1, 0.15) is 0 Å². The standard InChI is InChI=1S/C11H11BrO2/c1-11(6-9(11)10(13)14)7-3-2-4-8(12)5-7/h2-5,9H,6H2,1H3,(H,13,14)/t9-,11-/m1/s1. The first kappa shape index (κ1) is 9.71. The van der Waals surface area contributed by atoms with E-state index in [9.17, 15) is 4.79 Å².